The molecule has 0 atom stereocenters. The lowest BCUT2D eigenvalue weighted by atomic mass is 9.86. The zero-order chi connectivity index (χ0) is 17.7. The summed E-state index contributed by atoms with van der Waals surface area (Å²) in [5, 5.41) is 4.77. The number of hydrogen-bond donors (Lipinski definition) is 2. The fourth-order valence-corrected chi connectivity index (χ4v) is 2.86. The lowest BCUT2D eigenvalue weighted by molar-refractivity contribution is -0.118. The third-order valence-electron chi connectivity index (χ3n) is 3.21. The van der Waals surface area contributed by atoms with Gasteiger partial charge in [0, 0.05) is 5.38 Å². The highest BCUT2D eigenvalue weighted by molar-refractivity contribution is 7.13. The second kappa shape index (κ2) is 7.44. The van der Waals surface area contributed by atoms with Crippen LogP contribution in [0.25, 0.3) is 0 Å². The molecule has 6 nitrogen and oxygen atoms in total. The van der Waals surface area contributed by atoms with Crippen LogP contribution in [0.3, 0.4) is 0 Å². The SMILES string of the molecule is CC(C)(C)c1ccccc1OCC(=O)Nc1nc(CC(N)=O)cs1. The number of nitrogens with two attached hydrogens (primary N) is 1. The largest absolute Gasteiger partial charge is 0.483 e. The summed E-state index contributed by atoms with van der Waals surface area (Å²) < 4.78 is 5.66. The van der Waals surface area contributed by atoms with Crippen LogP contribution >= 0.6 is 11.3 Å². The minimum absolute atomic E-state index is 0.0574. The monoisotopic (exact) mass is 347 g/mol. The van der Waals surface area contributed by atoms with Gasteiger partial charge in [-0.1, -0.05) is 39.0 Å². The fourth-order valence-electron chi connectivity index (χ4n) is 2.13. The highest BCUT2D eigenvalue weighted by Gasteiger charge is 2.19. The van der Waals surface area contributed by atoms with E-state index in [2.05, 4.69) is 31.1 Å². The molecule has 2 amide bonds. The van der Waals surface area contributed by atoms with Gasteiger partial charge >= 0.3 is 0 Å². The number of ether oxygens (including phenoxy) is 1. The van der Waals surface area contributed by atoms with Crippen molar-refractivity contribution in [3.63, 3.8) is 0 Å². The Morgan fingerprint density at radius 1 is 1.29 bits per heavy atom. The summed E-state index contributed by atoms with van der Waals surface area (Å²) in [5.74, 6) is -0.0762. The van der Waals surface area contributed by atoms with E-state index in [0.29, 0.717) is 16.6 Å². The summed E-state index contributed by atoms with van der Waals surface area (Å²) in [6.45, 7) is 6.15. The van der Waals surface area contributed by atoms with Gasteiger partial charge in [0.2, 0.25) is 5.91 Å². The molecule has 0 fully saturated rings. The summed E-state index contributed by atoms with van der Waals surface area (Å²) in [5.41, 5.74) is 6.62. The lowest BCUT2D eigenvalue weighted by Crippen LogP contribution is -2.22. The summed E-state index contributed by atoms with van der Waals surface area (Å²) in [4.78, 5) is 27.0. The Balaban J connectivity index is 1.94. The van der Waals surface area contributed by atoms with Gasteiger partial charge in [0.15, 0.2) is 11.7 Å². The molecular formula is C17H21N3O3S. The molecule has 3 N–H and O–H groups in total. The summed E-state index contributed by atoms with van der Waals surface area (Å²) in [6, 6.07) is 7.66. The van der Waals surface area contributed by atoms with Crippen molar-refractivity contribution in [2.45, 2.75) is 32.6 Å². The zero-order valence-electron chi connectivity index (χ0n) is 14.0. The number of hydrogen-bond acceptors (Lipinski definition) is 5. The number of carbonyl (C=O) groups excluding carboxylic acids is 2. The number of nitrogens with one attached hydrogen (secondary N) is 1. The Morgan fingerprint density at radius 2 is 2.00 bits per heavy atom. The van der Waals surface area contributed by atoms with E-state index >= 15 is 0 Å². The van der Waals surface area contributed by atoms with Crippen LogP contribution in [0.1, 0.15) is 32.0 Å². The first-order valence-corrected chi connectivity index (χ1v) is 8.38. The first-order chi connectivity index (χ1) is 11.3. The molecule has 2 aromatic rings. The van der Waals surface area contributed by atoms with E-state index < -0.39 is 5.91 Å². The van der Waals surface area contributed by atoms with Gasteiger partial charge in [0.25, 0.3) is 5.91 Å². The molecule has 1 heterocycles. The molecule has 0 radical (unpaired) electrons. The third kappa shape index (κ3) is 5.06. The van der Waals surface area contributed by atoms with Gasteiger partial charge < -0.3 is 10.5 Å². The number of amides is 2. The van der Waals surface area contributed by atoms with Gasteiger partial charge in [-0.25, -0.2) is 4.98 Å². The quantitative estimate of drug-likeness (QED) is 0.839. The van der Waals surface area contributed by atoms with Crippen molar-refractivity contribution < 1.29 is 14.3 Å². The topological polar surface area (TPSA) is 94.3 Å². The van der Waals surface area contributed by atoms with Gasteiger partial charge in [-0.3, -0.25) is 14.9 Å². The number of nitrogens with zero attached hydrogens (tertiary/aromatic N) is 1. The number of aromatic nitrogens is 1. The van der Waals surface area contributed by atoms with Crippen molar-refractivity contribution in [2.75, 3.05) is 11.9 Å². The van der Waals surface area contributed by atoms with E-state index in [0.717, 1.165) is 5.56 Å². The van der Waals surface area contributed by atoms with Crippen LogP contribution in [0, 0.1) is 0 Å². The summed E-state index contributed by atoms with van der Waals surface area (Å²) >= 11 is 1.24. The normalized spacial score (nSPS) is 11.1. The average Bonchev–Trinajstić information content (AvgIpc) is 2.90. The van der Waals surface area contributed by atoms with Gasteiger partial charge in [-0.05, 0) is 17.0 Å². The zero-order valence-corrected chi connectivity index (χ0v) is 14.8. The molecule has 0 aliphatic carbocycles. The van der Waals surface area contributed by atoms with Crippen molar-refractivity contribution >= 4 is 28.3 Å². The fraction of sp³-hybridized carbons (Fsp3) is 0.353. The molecule has 7 heteroatoms. The van der Waals surface area contributed by atoms with Crippen LogP contribution in [0.15, 0.2) is 29.6 Å². The highest BCUT2D eigenvalue weighted by Crippen LogP contribution is 2.30. The molecule has 0 unspecified atom stereocenters. The minimum Gasteiger partial charge on any atom is -0.483 e. The number of thiazole rings is 1. The van der Waals surface area contributed by atoms with Crippen molar-refractivity contribution in [3.05, 3.63) is 40.9 Å². The molecule has 0 spiro atoms. The van der Waals surface area contributed by atoms with E-state index in [9.17, 15) is 9.59 Å². The highest BCUT2D eigenvalue weighted by atomic mass is 32.1. The second-order valence-electron chi connectivity index (χ2n) is 6.37. The number of benzene rings is 1. The first-order valence-electron chi connectivity index (χ1n) is 7.50. The van der Waals surface area contributed by atoms with Crippen LogP contribution < -0.4 is 15.8 Å². The van der Waals surface area contributed by atoms with Gasteiger partial charge in [-0.15, -0.1) is 11.3 Å². The number of para-hydroxylation sites is 1. The number of rotatable bonds is 6. The van der Waals surface area contributed by atoms with E-state index in [1.165, 1.54) is 11.3 Å². The Bertz CT molecular complexity index is 735. The molecule has 0 saturated carbocycles. The molecule has 1 aromatic carbocycles. The first kappa shape index (κ1) is 17.9. The molecule has 0 aliphatic rings. The maximum atomic E-state index is 12.0. The van der Waals surface area contributed by atoms with Crippen molar-refractivity contribution in [1.82, 2.24) is 4.98 Å². The molecule has 128 valence electrons. The predicted octanol–water partition coefficient (Wildman–Crippen LogP) is 2.49. The Hall–Kier alpha value is -2.41. The number of anilines is 1. The van der Waals surface area contributed by atoms with Gasteiger partial charge in [-0.2, -0.15) is 0 Å². The maximum Gasteiger partial charge on any atom is 0.264 e. The van der Waals surface area contributed by atoms with Crippen LogP contribution in [-0.2, 0) is 21.4 Å². The smallest absolute Gasteiger partial charge is 0.264 e. The summed E-state index contributed by atoms with van der Waals surface area (Å²) in [7, 11) is 0. The predicted molar refractivity (Wildman–Crippen MR) is 94.3 cm³/mol. The molecule has 0 aliphatic heterocycles. The van der Waals surface area contributed by atoms with Crippen molar-refractivity contribution in [3.8, 4) is 5.75 Å². The number of primary amides is 1. The van der Waals surface area contributed by atoms with Crippen molar-refractivity contribution in [2.24, 2.45) is 5.73 Å². The number of carbonyl (C=O) groups is 2. The van der Waals surface area contributed by atoms with Crippen LogP contribution in [-0.4, -0.2) is 23.4 Å². The van der Waals surface area contributed by atoms with Crippen LogP contribution in [0.2, 0.25) is 0 Å². The van der Waals surface area contributed by atoms with Gasteiger partial charge in [0.1, 0.15) is 5.75 Å². The Labute approximate surface area is 145 Å². The van der Waals surface area contributed by atoms with E-state index in [1.807, 2.05) is 24.3 Å². The Morgan fingerprint density at radius 3 is 2.67 bits per heavy atom. The maximum absolute atomic E-state index is 12.0. The van der Waals surface area contributed by atoms with Crippen LogP contribution in [0.5, 0.6) is 5.75 Å². The van der Waals surface area contributed by atoms with E-state index in [-0.39, 0.29) is 24.3 Å². The summed E-state index contributed by atoms with van der Waals surface area (Å²) in [6.07, 6.45) is 0.0574. The molecule has 1 aromatic heterocycles. The third-order valence-corrected chi connectivity index (χ3v) is 4.01. The lowest BCUT2D eigenvalue weighted by Gasteiger charge is -2.22. The minimum atomic E-state index is -0.458. The molecule has 0 bridgehead atoms. The Kier molecular flexibility index (Phi) is 5.56. The van der Waals surface area contributed by atoms with E-state index in [1.54, 1.807) is 5.38 Å². The standard InChI is InChI=1S/C17H21N3O3S/c1-17(2,3)12-6-4-5-7-13(12)23-9-15(22)20-16-19-11(10-24-16)8-14(18)21/h4-7,10H,8-9H2,1-3H3,(H2,18,21)(H,19,20,22). The molecule has 0 saturated heterocycles. The second-order valence-corrected chi connectivity index (χ2v) is 7.23. The van der Waals surface area contributed by atoms with E-state index in [4.69, 9.17) is 10.5 Å². The van der Waals surface area contributed by atoms with Gasteiger partial charge in [0.05, 0.1) is 12.1 Å². The van der Waals surface area contributed by atoms with Crippen molar-refractivity contribution in [1.29, 1.82) is 0 Å². The van der Waals surface area contributed by atoms with Crippen LogP contribution in [0.4, 0.5) is 5.13 Å². The average molecular weight is 347 g/mol. The molecule has 24 heavy (non-hydrogen) atoms. The molecular weight excluding hydrogens is 326 g/mol. The molecule has 2 rings (SSSR count).